The first-order valence-electron chi connectivity index (χ1n) is 16.2. The van der Waals surface area contributed by atoms with Crippen molar-refractivity contribution < 1.29 is 33.8 Å². The highest BCUT2D eigenvalue weighted by Crippen LogP contribution is 2.13. The summed E-state index contributed by atoms with van der Waals surface area (Å²) < 4.78 is 5.31. The third-order valence-electron chi connectivity index (χ3n) is 7.15. The minimum atomic E-state index is -1.30. The molecular formula is C34H57N5O7. The summed E-state index contributed by atoms with van der Waals surface area (Å²) >= 11 is 0. The predicted molar refractivity (Wildman–Crippen MR) is 178 cm³/mol. The Morgan fingerprint density at radius 3 is 1.83 bits per heavy atom. The van der Waals surface area contributed by atoms with E-state index in [-0.39, 0.29) is 30.6 Å². The van der Waals surface area contributed by atoms with Crippen LogP contribution in [0.2, 0.25) is 0 Å². The van der Waals surface area contributed by atoms with Gasteiger partial charge < -0.3 is 36.4 Å². The molecule has 0 aliphatic rings. The van der Waals surface area contributed by atoms with Crippen molar-refractivity contribution in [3.8, 4) is 0 Å². The van der Waals surface area contributed by atoms with Gasteiger partial charge in [-0.25, -0.2) is 4.79 Å². The number of aliphatic hydroxyl groups is 1. The number of amides is 5. The lowest BCUT2D eigenvalue weighted by Gasteiger charge is -2.30. The van der Waals surface area contributed by atoms with Crippen LogP contribution in [0.25, 0.3) is 0 Å². The molecule has 5 amide bonds. The summed E-state index contributed by atoms with van der Waals surface area (Å²) in [6.07, 6.45) is -1.41. The van der Waals surface area contributed by atoms with E-state index in [1.165, 1.54) is 0 Å². The van der Waals surface area contributed by atoms with Gasteiger partial charge in [-0.1, -0.05) is 71.9 Å². The summed E-state index contributed by atoms with van der Waals surface area (Å²) in [7, 11) is 0. The van der Waals surface area contributed by atoms with Crippen LogP contribution in [0.5, 0.6) is 0 Å². The first-order valence-corrected chi connectivity index (χ1v) is 16.2. The average Bonchev–Trinajstić information content (AvgIpc) is 2.92. The molecule has 260 valence electrons. The lowest BCUT2D eigenvalue weighted by atomic mass is 9.96. The average molecular weight is 648 g/mol. The molecule has 5 atom stereocenters. The number of ether oxygens (including phenoxy) is 1. The Hall–Kier alpha value is -3.67. The van der Waals surface area contributed by atoms with Crippen molar-refractivity contribution in [1.29, 1.82) is 0 Å². The lowest BCUT2D eigenvalue weighted by Crippen LogP contribution is -2.59. The van der Waals surface area contributed by atoms with Gasteiger partial charge in [0.2, 0.25) is 23.6 Å². The Labute approximate surface area is 274 Å². The van der Waals surface area contributed by atoms with Crippen LogP contribution in [-0.2, 0) is 30.3 Å². The molecule has 46 heavy (non-hydrogen) atoms. The number of alkyl carbamates (subject to hydrolysis) is 1. The third kappa shape index (κ3) is 15.6. The van der Waals surface area contributed by atoms with Crippen LogP contribution in [0.3, 0.4) is 0 Å². The number of carbonyl (C=O) groups is 5. The van der Waals surface area contributed by atoms with E-state index in [2.05, 4.69) is 26.6 Å². The molecular weight excluding hydrogens is 590 g/mol. The van der Waals surface area contributed by atoms with E-state index in [4.69, 9.17) is 4.74 Å². The van der Waals surface area contributed by atoms with Crippen LogP contribution in [0.4, 0.5) is 4.79 Å². The van der Waals surface area contributed by atoms with Crippen molar-refractivity contribution in [1.82, 2.24) is 26.6 Å². The van der Waals surface area contributed by atoms with Crippen LogP contribution >= 0.6 is 0 Å². The molecule has 0 saturated carbocycles. The Morgan fingerprint density at radius 1 is 0.761 bits per heavy atom. The highest BCUT2D eigenvalue weighted by molar-refractivity contribution is 5.92. The summed E-state index contributed by atoms with van der Waals surface area (Å²) in [5.74, 6) is -2.23. The SMILES string of the molecule is CC(C)CCNC(=O)[C@H](C)NC(=O)C[C@H](O)[C@H](Cc1ccccc1)NC(=O)[C@@H](NC(=O)[C@@H](NC(=O)OC(C)(C)C)C(C)C)C(C)C. The molecule has 12 nitrogen and oxygen atoms in total. The summed E-state index contributed by atoms with van der Waals surface area (Å²) in [5, 5.41) is 24.8. The Balaban J connectivity index is 3.05. The first-order chi connectivity index (χ1) is 21.3. The van der Waals surface area contributed by atoms with E-state index in [0.717, 1.165) is 12.0 Å². The van der Waals surface area contributed by atoms with E-state index < -0.39 is 59.7 Å². The molecule has 0 heterocycles. The molecule has 12 heteroatoms. The fourth-order valence-corrected chi connectivity index (χ4v) is 4.51. The molecule has 1 aromatic carbocycles. The summed E-state index contributed by atoms with van der Waals surface area (Å²) in [5.41, 5.74) is 0.0583. The topological polar surface area (TPSA) is 175 Å². The smallest absolute Gasteiger partial charge is 0.408 e. The maximum Gasteiger partial charge on any atom is 0.408 e. The first kappa shape index (κ1) is 40.4. The second-order valence-corrected chi connectivity index (χ2v) is 13.9. The largest absolute Gasteiger partial charge is 0.444 e. The molecule has 0 aliphatic carbocycles. The van der Waals surface area contributed by atoms with Gasteiger partial charge >= 0.3 is 6.09 Å². The van der Waals surface area contributed by atoms with Crippen LogP contribution < -0.4 is 26.6 Å². The Morgan fingerprint density at radius 2 is 1.30 bits per heavy atom. The van der Waals surface area contributed by atoms with Crippen LogP contribution in [0, 0.1) is 17.8 Å². The molecule has 0 saturated heterocycles. The molecule has 0 fully saturated rings. The van der Waals surface area contributed by atoms with Crippen LogP contribution in [-0.4, -0.2) is 77.2 Å². The van der Waals surface area contributed by atoms with Gasteiger partial charge in [-0.05, 0) is 63.9 Å². The normalized spacial score (nSPS) is 14.9. The molecule has 0 unspecified atom stereocenters. The molecule has 0 aliphatic heterocycles. The Kier molecular flexibility index (Phi) is 16.8. The summed E-state index contributed by atoms with van der Waals surface area (Å²) in [6.45, 7) is 18.4. The summed E-state index contributed by atoms with van der Waals surface area (Å²) in [6, 6.07) is 5.50. The fraction of sp³-hybridized carbons (Fsp3) is 0.676. The Bertz CT molecular complexity index is 1130. The maximum absolute atomic E-state index is 13.6. The number of hydrogen-bond donors (Lipinski definition) is 6. The van der Waals surface area contributed by atoms with Crippen molar-refractivity contribution in [3.05, 3.63) is 35.9 Å². The highest BCUT2D eigenvalue weighted by Gasteiger charge is 2.34. The van der Waals surface area contributed by atoms with E-state index in [1.807, 2.05) is 44.2 Å². The molecule has 0 spiro atoms. The van der Waals surface area contributed by atoms with Crippen LogP contribution in [0.1, 0.15) is 87.6 Å². The zero-order valence-electron chi connectivity index (χ0n) is 29.2. The van der Waals surface area contributed by atoms with E-state index in [0.29, 0.717) is 12.5 Å². The van der Waals surface area contributed by atoms with Crippen molar-refractivity contribution in [3.63, 3.8) is 0 Å². The highest BCUT2D eigenvalue weighted by atomic mass is 16.6. The van der Waals surface area contributed by atoms with Crippen LogP contribution in [0.15, 0.2) is 30.3 Å². The molecule has 6 N–H and O–H groups in total. The van der Waals surface area contributed by atoms with Gasteiger partial charge in [-0.15, -0.1) is 0 Å². The second kappa shape index (κ2) is 19.1. The van der Waals surface area contributed by atoms with Crippen molar-refractivity contribution in [2.45, 2.75) is 124 Å². The quantitative estimate of drug-likeness (QED) is 0.151. The van der Waals surface area contributed by atoms with Gasteiger partial charge in [0.1, 0.15) is 23.7 Å². The lowest BCUT2D eigenvalue weighted by molar-refractivity contribution is -0.133. The van der Waals surface area contributed by atoms with Gasteiger partial charge in [0.05, 0.1) is 18.6 Å². The zero-order valence-corrected chi connectivity index (χ0v) is 29.2. The molecule has 0 bridgehead atoms. The van der Waals surface area contributed by atoms with Crippen molar-refractivity contribution >= 4 is 29.7 Å². The predicted octanol–water partition coefficient (Wildman–Crippen LogP) is 2.82. The van der Waals surface area contributed by atoms with Crippen molar-refractivity contribution in [2.24, 2.45) is 17.8 Å². The van der Waals surface area contributed by atoms with Gasteiger partial charge in [0.25, 0.3) is 0 Å². The maximum atomic E-state index is 13.6. The number of hydrogen-bond acceptors (Lipinski definition) is 7. The molecule has 0 radical (unpaired) electrons. The van der Waals surface area contributed by atoms with Crippen molar-refractivity contribution in [2.75, 3.05) is 6.54 Å². The number of nitrogens with one attached hydrogen (secondary N) is 5. The van der Waals surface area contributed by atoms with Gasteiger partial charge in [-0.2, -0.15) is 0 Å². The third-order valence-corrected chi connectivity index (χ3v) is 7.15. The molecule has 0 aromatic heterocycles. The molecule has 1 rings (SSSR count). The number of carbonyl (C=O) groups excluding carboxylic acids is 5. The van der Waals surface area contributed by atoms with Gasteiger partial charge in [0.15, 0.2) is 0 Å². The number of benzene rings is 1. The minimum Gasteiger partial charge on any atom is -0.444 e. The second-order valence-electron chi connectivity index (χ2n) is 13.9. The number of rotatable bonds is 17. The zero-order chi connectivity index (χ0) is 35.2. The van der Waals surface area contributed by atoms with Gasteiger partial charge in [-0.3, -0.25) is 19.2 Å². The van der Waals surface area contributed by atoms with E-state index in [1.54, 1.807) is 55.4 Å². The monoisotopic (exact) mass is 647 g/mol. The molecule has 1 aromatic rings. The number of aliphatic hydroxyl groups excluding tert-OH is 1. The van der Waals surface area contributed by atoms with Gasteiger partial charge in [0, 0.05) is 6.54 Å². The van der Waals surface area contributed by atoms with E-state index >= 15 is 0 Å². The fourth-order valence-electron chi connectivity index (χ4n) is 4.51. The minimum absolute atomic E-state index is 0.208. The standard InChI is InChI=1S/C34H57N5O7/c1-20(2)16-17-35-30(42)23(7)36-27(41)19-26(40)25(18-24-14-12-11-13-15-24)37-31(43)28(21(3)4)38-32(44)29(22(5)6)39-33(45)46-34(8,9)10/h11-15,20-23,25-26,28-29,40H,16-19H2,1-10H3,(H,35,42)(H,36,41)(H,37,43)(H,38,44)(H,39,45)/t23-,25-,26-,28-,29-/m0/s1. The summed E-state index contributed by atoms with van der Waals surface area (Å²) in [4.78, 5) is 64.6. The van der Waals surface area contributed by atoms with E-state index in [9.17, 15) is 29.1 Å².